The third-order valence-corrected chi connectivity index (χ3v) is 1.44. The van der Waals surface area contributed by atoms with Gasteiger partial charge in [0, 0.05) is 18.9 Å². The standard InChI is InChI=1S/C9H13NO2/c11-7-3-4-8-12-9-5-1-2-6-10-9/h1-2,5-6,11H,3-4,7-8H2. The minimum atomic E-state index is 0.228. The van der Waals surface area contributed by atoms with E-state index in [9.17, 15) is 0 Å². The summed E-state index contributed by atoms with van der Waals surface area (Å²) in [5.41, 5.74) is 0. The fourth-order valence-corrected chi connectivity index (χ4v) is 0.823. The van der Waals surface area contributed by atoms with Crippen LogP contribution in [0.4, 0.5) is 0 Å². The summed E-state index contributed by atoms with van der Waals surface area (Å²) in [5, 5.41) is 8.49. The van der Waals surface area contributed by atoms with Gasteiger partial charge in [0.2, 0.25) is 5.88 Å². The van der Waals surface area contributed by atoms with Crippen LogP contribution < -0.4 is 4.74 Å². The van der Waals surface area contributed by atoms with Crippen molar-refractivity contribution < 1.29 is 9.84 Å². The molecule has 1 aromatic heterocycles. The van der Waals surface area contributed by atoms with E-state index in [1.165, 1.54) is 0 Å². The fraction of sp³-hybridized carbons (Fsp3) is 0.444. The lowest BCUT2D eigenvalue weighted by atomic mass is 10.3. The molecule has 0 amide bonds. The summed E-state index contributed by atoms with van der Waals surface area (Å²) in [6.45, 7) is 0.850. The summed E-state index contributed by atoms with van der Waals surface area (Å²) in [7, 11) is 0. The summed E-state index contributed by atoms with van der Waals surface area (Å²) in [5.74, 6) is 0.649. The molecule has 0 spiro atoms. The lowest BCUT2D eigenvalue weighted by Gasteiger charge is -2.02. The molecule has 0 saturated heterocycles. The predicted octanol–water partition coefficient (Wildman–Crippen LogP) is 1.23. The van der Waals surface area contributed by atoms with Gasteiger partial charge in [-0.1, -0.05) is 6.07 Å². The van der Waals surface area contributed by atoms with E-state index in [4.69, 9.17) is 9.84 Å². The van der Waals surface area contributed by atoms with Crippen molar-refractivity contribution in [3.63, 3.8) is 0 Å². The van der Waals surface area contributed by atoms with Gasteiger partial charge in [-0.2, -0.15) is 0 Å². The Bertz CT molecular complexity index is 201. The van der Waals surface area contributed by atoms with Gasteiger partial charge in [0.1, 0.15) is 0 Å². The van der Waals surface area contributed by atoms with Crippen LogP contribution in [0, 0.1) is 0 Å². The van der Waals surface area contributed by atoms with Crippen LogP contribution in [-0.2, 0) is 0 Å². The number of nitrogens with zero attached hydrogens (tertiary/aromatic N) is 1. The number of rotatable bonds is 5. The number of aliphatic hydroxyl groups is 1. The van der Waals surface area contributed by atoms with Crippen LogP contribution in [0.3, 0.4) is 0 Å². The van der Waals surface area contributed by atoms with Crippen LogP contribution in [0.15, 0.2) is 24.4 Å². The third kappa shape index (κ3) is 3.34. The van der Waals surface area contributed by atoms with Crippen molar-refractivity contribution in [2.24, 2.45) is 0 Å². The highest BCUT2D eigenvalue weighted by Crippen LogP contribution is 2.03. The molecule has 0 aliphatic carbocycles. The summed E-state index contributed by atoms with van der Waals surface area (Å²) >= 11 is 0. The van der Waals surface area contributed by atoms with Crippen molar-refractivity contribution in [3.05, 3.63) is 24.4 Å². The molecule has 0 aliphatic heterocycles. The second-order valence-corrected chi connectivity index (χ2v) is 2.45. The van der Waals surface area contributed by atoms with Crippen molar-refractivity contribution >= 4 is 0 Å². The predicted molar refractivity (Wildman–Crippen MR) is 46.1 cm³/mol. The Morgan fingerprint density at radius 1 is 1.33 bits per heavy atom. The smallest absolute Gasteiger partial charge is 0.213 e. The number of hydrogen-bond donors (Lipinski definition) is 1. The van der Waals surface area contributed by atoms with E-state index in [1.807, 2.05) is 18.2 Å². The number of ether oxygens (including phenoxy) is 1. The Hall–Kier alpha value is -1.09. The molecule has 0 aromatic carbocycles. The highest BCUT2D eigenvalue weighted by Gasteiger charge is 1.91. The Morgan fingerprint density at radius 2 is 2.25 bits per heavy atom. The first-order valence-electron chi connectivity index (χ1n) is 4.08. The van der Waals surface area contributed by atoms with E-state index >= 15 is 0 Å². The van der Waals surface area contributed by atoms with Gasteiger partial charge in [0.15, 0.2) is 0 Å². The SMILES string of the molecule is OCCCCOc1ccccn1. The summed E-state index contributed by atoms with van der Waals surface area (Å²) in [6, 6.07) is 5.55. The molecule has 66 valence electrons. The molecular formula is C9H13NO2. The minimum absolute atomic E-state index is 0.228. The van der Waals surface area contributed by atoms with E-state index in [2.05, 4.69) is 4.98 Å². The highest BCUT2D eigenvalue weighted by molar-refractivity contribution is 5.08. The molecule has 0 radical (unpaired) electrons. The van der Waals surface area contributed by atoms with Gasteiger partial charge < -0.3 is 9.84 Å². The van der Waals surface area contributed by atoms with Crippen molar-refractivity contribution in [1.82, 2.24) is 4.98 Å². The normalized spacial score (nSPS) is 9.75. The van der Waals surface area contributed by atoms with Crippen LogP contribution in [0.2, 0.25) is 0 Å². The van der Waals surface area contributed by atoms with Crippen LogP contribution >= 0.6 is 0 Å². The average Bonchev–Trinajstić information content (AvgIpc) is 2.14. The average molecular weight is 167 g/mol. The van der Waals surface area contributed by atoms with Crippen LogP contribution in [-0.4, -0.2) is 23.3 Å². The highest BCUT2D eigenvalue weighted by atomic mass is 16.5. The fourth-order valence-electron chi connectivity index (χ4n) is 0.823. The zero-order valence-corrected chi connectivity index (χ0v) is 6.94. The van der Waals surface area contributed by atoms with Crippen LogP contribution in [0.25, 0.3) is 0 Å². The van der Waals surface area contributed by atoms with Gasteiger partial charge >= 0.3 is 0 Å². The molecule has 12 heavy (non-hydrogen) atoms. The Kier molecular flexibility index (Phi) is 4.16. The Balaban J connectivity index is 2.16. The van der Waals surface area contributed by atoms with E-state index in [0.29, 0.717) is 12.5 Å². The van der Waals surface area contributed by atoms with Gasteiger partial charge in [0.25, 0.3) is 0 Å². The number of aliphatic hydroxyl groups excluding tert-OH is 1. The molecule has 0 atom stereocenters. The van der Waals surface area contributed by atoms with Crippen molar-refractivity contribution in [2.45, 2.75) is 12.8 Å². The van der Waals surface area contributed by atoms with E-state index < -0.39 is 0 Å². The van der Waals surface area contributed by atoms with Gasteiger partial charge in [-0.05, 0) is 18.9 Å². The third-order valence-electron chi connectivity index (χ3n) is 1.44. The topological polar surface area (TPSA) is 42.4 Å². The first kappa shape index (κ1) is 9.00. The molecule has 3 heteroatoms. The van der Waals surface area contributed by atoms with Crippen molar-refractivity contribution in [1.29, 1.82) is 0 Å². The molecule has 3 nitrogen and oxygen atoms in total. The van der Waals surface area contributed by atoms with Gasteiger partial charge in [-0.25, -0.2) is 4.98 Å². The molecule has 0 saturated carbocycles. The molecule has 0 fully saturated rings. The molecule has 0 aliphatic rings. The zero-order chi connectivity index (χ0) is 8.65. The molecule has 0 unspecified atom stereocenters. The maximum Gasteiger partial charge on any atom is 0.213 e. The number of unbranched alkanes of at least 4 members (excludes halogenated alkanes) is 1. The molecule has 1 N–H and O–H groups in total. The molecule has 1 heterocycles. The second-order valence-electron chi connectivity index (χ2n) is 2.45. The lowest BCUT2D eigenvalue weighted by molar-refractivity contribution is 0.249. The molecule has 1 rings (SSSR count). The first-order chi connectivity index (χ1) is 5.93. The first-order valence-corrected chi connectivity index (χ1v) is 4.08. The molecule has 0 bridgehead atoms. The Morgan fingerprint density at radius 3 is 2.92 bits per heavy atom. The number of hydrogen-bond acceptors (Lipinski definition) is 3. The monoisotopic (exact) mass is 167 g/mol. The second kappa shape index (κ2) is 5.55. The van der Waals surface area contributed by atoms with E-state index in [-0.39, 0.29) is 6.61 Å². The van der Waals surface area contributed by atoms with E-state index in [1.54, 1.807) is 6.20 Å². The van der Waals surface area contributed by atoms with E-state index in [0.717, 1.165) is 12.8 Å². The zero-order valence-electron chi connectivity index (χ0n) is 6.94. The summed E-state index contributed by atoms with van der Waals surface area (Å²) in [6.07, 6.45) is 3.35. The van der Waals surface area contributed by atoms with Crippen molar-refractivity contribution in [2.75, 3.05) is 13.2 Å². The largest absolute Gasteiger partial charge is 0.478 e. The van der Waals surface area contributed by atoms with Crippen LogP contribution in [0.1, 0.15) is 12.8 Å². The van der Waals surface area contributed by atoms with Gasteiger partial charge in [-0.3, -0.25) is 0 Å². The Labute approximate surface area is 72.0 Å². The maximum atomic E-state index is 8.49. The number of aromatic nitrogens is 1. The van der Waals surface area contributed by atoms with Crippen molar-refractivity contribution in [3.8, 4) is 5.88 Å². The minimum Gasteiger partial charge on any atom is -0.478 e. The summed E-state index contributed by atoms with van der Waals surface area (Å²) in [4.78, 5) is 3.99. The summed E-state index contributed by atoms with van der Waals surface area (Å²) < 4.78 is 5.29. The van der Waals surface area contributed by atoms with Crippen LogP contribution in [0.5, 0.6) is 5.88 Å². The lowest BCUT2D eigenvalue weighted by Crippen LogP contribution is -1.99. The number of pyridine rings is 1. The quantitative estimate of drug-likeness (QED) is 0.671. The maximum absolute atomic E-state index is 8.49. The molecule has 1 aromatic rings. The van der Waals surface area contributed by atoms with Gasteiger partial charge in [0.05, 0.1) is 6.61 Å². The molecular weight excluding hydrogens is 154 g/mol. The van der Waals surface area contributed by atoms with Gasteiger partial charge in [-0.15, -0.1) is 0 Å².